The summed E-state index contributed by atoms with van der Waals surface area (Å²) in [6.07, 6.45) is 2.27. The molecular formula is C12H19ClN2O2S. The largest absolute Gasteiger partial charge is 0.246 e. The number of pyridine rings is 1. The normalized spacial score (nSPS) is 14.2. The van der Waals surface area contributed by atoms with E-state index < -0.39 is 10.0 Å². The summed E-state index contributed by atoms with van der Waals surface area (Å²) < 4.78 is 26.1. The van der Waals surface area contributed by atoms with E-state index in [1.54, 1.807) is 13.1 Å². The Bertz CT molecular complexity index is 503. The lowest BCUT2D eigenvalue weighted by Crippen LogP contribution is -2.36. The van der Waals surface area contributed by atoms with E-state index in [1.807, 2.05) is 6.92 Å². The van der Waals surface area contributed by atoms with Crippen molar-refractivity contribution in [3.05, 3.63) is 23.5 Å². The molecule has 1 unspecified atom stereocenters. The molecule has 0 fully saturated rings. The highest BCUT2D eigenvalue weighted by Crippen LogP contribution is 2.24. The number of hydrogen-bond donors (Lipinski definition) is 0. The van der Waals surface area contributed by atoms with Crippen LogP contribution in [0.2, 0.25) is 5.15 Å². The Balaban J connectivity index is 3.04. The Kier molecular flexibility index (Phi) is 5.13. The van der Waals surface area contributed by atoms with Gasteiger partial charge in [-0.3, -0.25) is 0 Å². The van der Waals surface area contributed by atoms with Crippen LogP contribution >= 0.6 is 11.6 Å². The molecule has 0 saturated heterocycles. The second-order valence-electron chi connectivity index (χ2n) is 4.79. The molecule has 1 aromatic rings. The number of aromatic nitrogens is 1. The lowest BCUT2D eigenvalue weighted by molar-refractivity contribution is 0.338. The number of halogens is 1. The van der Waals surface area contributed by atoms with Crippen LogP contribution in [0.15, 0.2) is 23.2 Å². The quantitative estimate of drug-likeness (QED) is 0.784. The van der Waals surface area contributed by atoms with Gasteiger partial charge in [-0.15, -0.1) is 0 Å². The third-order valence-corrected chi connectivity index (χ3v) is 5.23. The van der Waals surface area contributed by atoms with Crippen LogP contribution in [0.5, 0.6) is 0 Å². The van der Waals surface area contributed by atoms with Crippen molar-refractivity contribution in [2.24, 2.45) is 5.92 Å². The van der Waals surface area contributed by atoms with Crippen molar-refractivity contribution < 1.29 is 8.42 Å². The molecule has 4 nitrogen and oxygen atoms in total. The van der Waals surface area contributed by atoms with Gasteiger partial charge in [0, 0.05) is 19.3 Å². The number of hydrogen-bond acceptors (Lipinski definition) is 3. The monoisotopic (exact) mass is 290 g/mol. The molecule has 0 bridgehead atoms. The summed E-state index contributed by atoms with van der Waals surface area (Å²) in [5.74, 6) is 0.432. The van der Waals surface area contributed by atoms with Crippen molar-refractivity contribution in [1.82, 2.24) is 9.29 Å². The van der Waals surface area contributed by atoms with Gasteiger partial charge >= 0.3 is 0 Å². The highest BCUT2D eigenvalue weighted by molar-refractivity contribution is 7.89. The fourth-order valence-corrected chi connectivity index (χ4v) is 3.58. The van der Waals surface area contributed by atoms with Gasteiger partial charge in [-0.2, -0.15) is 4.31 Å². The van der Waals surface area contributed by atoms with E-state index >= 15 is 0 Å². The van der Waals surface area contributed by atoms with Crippen LogP contribution in [0.25, 0.3) is 0 Å². The van der Waals surface area contributed by atoms with Crippen molar-refractivity contribution in [2.75, 3.05) is 7.05 Å². The SMILES string of the molecule is CC(C)CC(C)N(C)S(=O)(=O)c1cccnc1Cl. The first-order chi connectivity index (χ1) is 8.26. The van der Waals surface area contributed by atoms with Gasteiger partial charge in [0.2, 0.25) is 10.0 Å². The average Bonchev–Trinajstić information content (AvgIpc) is 2.27. The van der Waals surface area contributed by atoms with E-state index in [0.717, 1.165) is 6.42 Å². The molecule has 1 heterocycles. The Hall–Kier alpha value is -0.650. The Morgan fingerprint density at radius 3 is 2.50 bits per heavy atom. The first kappa shape index (κ1) is 15.4. The van der Waals surface area contributed by atoms with Crippen molar-refractivity contribution in [1.29, 1.82) is 0 Å². The molecule has 0 amide bonds. The summed E-state index contributed by atoms with van der Waals surface area (Å²) in [6, 6.07) is 2.97. The van der Waals surface area contributed by atoms with Crippen LogP contribution in [0.3, 0.4) is 0 Å². The van der Waals surface area contributed by atoms with E-state index in [9.17, 15) is 8.42 Å². The summed E-state index contributed by atoms with van der Waals surface area (Å²) in [7, 11) is -2.00. The van der Waals surface area contributed by atoms with Crippen LogP contribution in [-0.4, -0.2) is 30.8 Å². The van der Waals surface area contributed by atoms with Gasteiger partial charge in [0.25, 0.3) is 0 Å². The van der Waals surface area contributed by atoms with Crippen molar-refractivity contribution in [2.45, 2.75) is 38.1 Å². The lowest BCUT2D eigenvalue weighted by Gasteiger charge is -2.25. The number of rotatable bonds is 5. The minimum Gasteiger partial charge on any atom is -0.243 e. The zero-order chi connectivity index (χ0) is 13.9. The van der Waals surface area contributed by atoms with Gasteiger partial charge in [0.15, 0.2) is 0 Å². The first-order valence-corrected chi connectivity index (χ1v) is 7.67. The van der Waals surface area contributed by atoms with Crippen LogP contribution in [0.4, 0.5) is 0 Å². The van der Waals surface area contributed by atoms with E-state index in [2.05, 4.69) is 18.8 Å². The summed E-state index contributed by atoms with van der Waals surface area (Å²) in [5, 5.41) is 0.0149. The number of sulfonamides is 1. The molecule has 102 valence electrons. The fraction of sp³-hybridized carbons (Fsp3) is 0.583. The lowest BCUT2D eigenvalue weighted by atomic mass is 10.1. The van der Waals surface area contributed by atoms with Gasteiger partial charge in [-0.05, 0) is 31.4 Å². The molecule has 0 N–H and O–H groups in total. The van der Waals surface area contributed by atoms with E-state index in [4.69, 9.17) is 11.6 Å². The van der Waals surface area contributed by atoms with Crippen LogP contribution in [-0.2, 0) is 10.0 Å². The van der Waals surface area contributed by atoms with Crippen LogP contribution in [0.1, 0.15) is 27.2 Å². The molecule has 18 heavy (non-hydrogen) atoms. The first-order valence-electron chi connectivity index (χ1n) is 5.85. The zero-order valence-corrected chi connectivity index (χ0v) is 12.7. The molecule has 6 heteroatoms. The topological polar surface area (TPSA) is 50.3 Å². The summed E-state index contributed by atoms with van der Waals surface area (Å²) in [4.78, 5) is 3.87. The summed E-state index contributed by atoms with van der Waals surface area (Å²) in [6.45, 7) is 6.02. The van der Waals surface area contributed by atoms with Gasteiger partial charge in [0.05, 0.1) is 0 Å². The minimum absolute atomic E-state index is 0.0149. The predicted octanol–water partition coefficient (Wildman–Crippen LogP) is 2.79. The molecule has 1 rings (SSSR count). The third-order valence-electron chi connectivity index (χ3n) is 2.82. The summed E-state index contributed by atoms with van der Waals surface area (Å²) >= 11 is 5.85. The van der Waals surface area contributed by atoms with E-state index in [1.165, 1.54) is 16.6 Å². The molecule has 1 atom stereocenters. The second kappa shape index (κ2) is 5.99. The molecule has 0 saturated carbocycles. The second-order valence-corrected chi connectivity index (χ2v) is 7.12. The predicted molar refractivity (Wildman–Crippen MR) is 73.1 cm³/mol. The van der Waals surface area contributed by atoms with Gasteiger partial charge in [-0.25, -0.2) is 13.4 Å². The maximum atomic E-state index is 12.4. The van der Waals surface area contributed by atoms with E-state index in [0.29, 0.717) is 5.92 Å². The summed E-state index contributed by atoms with van der Waals surface area (Å²) in [5.41, 5.74) is 0. The fourth-order valence-electron chi connectivity index (χ4n) is 1.79. The van der Waals surface area contributed by atoms with Crippen molar-refractivity contribution >= 4 is 21.6 Å². The zero-order valence-electron chi connectivity index (χ0n) is 11.1. The van der Waals surface area contributed by atoms with Crippen molar-refractivity contribution in [3.8, 4) is 0 Å². The molecule has 0 spiro atoms. The minimum atomic E-state index is -3.58. The van der Waals surface area contributed by atoms with Crippen LogP contribution in [0, 0.1) is 5.92 Å². The van der Waals surface area contributed by atoms with E-state index in [-0.39, 0.29) is 16.1 Å². The molecule has 0 aliphatic heterocycles. The standard InChI is InChI=1S/C12H19ClN2O2S/c1-9(2)8-10(3)15(4)18(16,17)11-6-5-7-14-12(11)13/h5-7,9-10H,8H2,1-4H3. The highest BCUT2D eigenvalue weighted by Gasteiger charge is 2.27. The number of nitrogens with zero attached hydrogens (tertiary/aromatic N) is 2. The van der Waals surface area contributed by atoms with Crippen molar-refractivity contribution in [3.63, 3.8) is 0 Å². The molecule has 0 aromatic carbocycles. The molecule has 0 radical (unpaired) electrons. The molecule has 0 aliphatic carbocycles. The Morgan fingerprint density at radius 2 is 2.00 bits per heavy atom. The highest BCUT2D eigenvalue weighted by atomic mass is 35.5. The molecular weight excluding hydrogens is 272 g/mol. The molecule has 1 aromatic heterocycles. The Labute approximate surface area is 114 Å². The Morgan fingerprint density at radius 1 is 1.39 bits per heavy atom. The third kappa shape index (κ3) is 3.43. The smallest absolute Gasteiger partial charge is 0.243 e. The van der Waals surface area contributed by atoms with Gasteiger partial charge in [0.1, 0.15) is 10.0 Å². The molecule has 0 aliphatic rings. The van der Waals surface area contributed by atoms with Gasteiger partial charge in [-0.1, -0.05) is 25.4 Å². The maximum absolute atomic E-state index is 12.4. The maximum Gasteiger partial charge on any atom is 0.246 e. The van der Waals surface area contributed by atoms with Crippen LogP contribution < -0.4 is 0 Å². The van der Waals surface area contributed by atoms with Gasteiger partial charge < -0.3 is 0 Å². The average molecular weight is 291 g/mol.